The number of nitrogen functional groups attached to an aromatic ring is 1. The van der Waals surface area contributed by atoms with Gasteiger partial charge in [-0.3, -0.25) is 9.48 Å². The van der Waals surface area contributed by atoms with Crippen molar-refractivity contribution in [2.45, 2.75) is 26.9 Å². The Hall–Kier alpha value is -1.39. The maximum Gasteiger partial charge on any atom is 0.293 e. The maximum absolute atomic E-state index is 11.3. The summed E-state index contributed by atoms with van der Waals surface area (Å²) in [7, 11) is 0. The van der Waals surface area contributed by atoms with Gasteiger partial charge in [0.25, 0.3) is 5.56 Å². The van der Waals surface area contributed by atoms with E-state index in [1.807, 2.05) is 13.8 Å². The molecule has 12 heavy (non-hydrogen) atoms. The molecular weight excluding hydrogens is 158 g/mol. The number of anilines is 1. The van der Waals surface area contributed by atoms with Crippen LogP contribution in [0.25, 0.3) is 0 Å². The summed E-state index contributed by atoms with van der Waals surface area (Å²) in [6.45, 7) is 4.71. The maximum atomic E-state index is 11.3. The molecule has 0 saturated carbocycles. The van der Waals surface area contributed by atoms with Crippen molar-refractivity contribution < 1.29 is 5.11 Å². The van der Waals surface area contributed by atoms with E-state index in [0.717, 1.165) is 0 Å². The first-order valence-corrected chi connectivity index (χ1v) is 3.91. The zero-order valence-electron chi connectivity index (χ0n) is 7.24. The third-order valence-corrected chi connectivity index (χ3v) is 1.84. The Morgan fingerprint density at radius 2 is 1.83 bits per heavy atom. The van der Waals surface area contributed by atoms with Crippen LogP contribution in [0.2, 0.25) is 0 Å². The Morgan fingerprint density at radius 1 is 1.33 bits per heavy atom. The number of hydrogen-bond acceptors (Lipinski definition) is 3. The van der Waals surface area contributed by atoms with Crippen molar-refractivity contribution in [2.24, 2.45) is 0 Å². The summed E-state index contributed by atoms with van der Waals surface area (Å²) in [5, 5.41) is 9.35. The lowest BCUT2D eigenvalue weighted by atomic mass is 10.5. The Morgan fingerprint density at radius 3 is 2.17 bits per heavy atom. The normalized spacial score (nSPS) is 10.5. The van der Waals surface area contributed by atoms with Gasteiger partial charge >= 0.3 is 0 Å². The lowest BCUT2D eigenvalue weighted by Crippen LogP contribution is -2.22. The molecule has 3 N–H and O–H groups in total. The van der Waals surface area contributed by atoms with Gasteiger partial charge in [0.15, 0.2) is 5.69 Å². The van der Waals surface area contributed by atoms with Crippen LogP contribution in [0.4, 0.5) is 5.69 Å². The molecular formula is C7H13N3O2. The Labute approximate surface area is 70.0 Å². The lowest BCUT2D eigenvalue weighted by Gasteiger charge is -2.06. The summed E-state index contributed by atoms with van der Waals surface area (Å²) >= 11 is 0. The molecule has 0 atom stereocenters. The lowest BCUT2D eigenvalue weighted by molar-refractivity contribution is 0.367. The molecule has 0 amide bonds. The van der Waals surface area contributed by atoms with Crippen molar-refractivity contribution >= 4 is 5.69 Å². The average Bonchev–Trinajstić information content (AvgIpc) is 2.29. The topological polar surface area (TPSA) is 73.2 Å². The van der Waals surface area contributed by atoms with E-state index in [4.69, 9.17) is 5.73 Å². The highest BCUT2D eigenvalue weighted by Gasteiger charge is 2.13. The Bertz CT molecular complexity index is 337. The molecule has 0 aliphatic rings. The second-order valence-corrected chi connectivity index (χ2v) is 2.47. The van der Waals surface area contributed by atoms with E-state index < -0.39 is 0 Å². The van der Waals surface area contributed by atoms with Gasteiger partial charge < -0.3 is 10.8 Å². The van der Waals surface area contributed by atoms with Gasteiger partial charge in [0.2, 0.25) is 5.88 Å². The first-order chi connectivity index (χ1) is 5.63. The molecule has 0 aromatic carbocycles. The first kappa shape index (κ1) is 8.70. The molecule has 5 heteroatoms. The van der Waals surface area contributed by atoms with Crippen LogP contribution in [0.5, 0.6) is 5.88 Å². The van der Waals surface area contributed by atoms with Crippen molar-refractivity contribution in [1.29, 1.82) is 0 Å². The van der Waals surface area contributed by atoms with Crippen LogP contribution in [0.3, 0.4) is 0 Å². The van der Waals surface area contributed by atoms with E-state index in [0.29, 0.717) is 13.1 Å². The number of aromatic nitrogens is 2. The standard InChI is InChI=1S/C7H13N3O2/c1-3-9-6(11)5(8)7(12)10(9)4-2/h11H,3-4,8H2,1-2H3. The molecule has 0 fully saturated rings. The zero-order chi connectivity index (χ0) is 9.30. The molecule has 0 aliphatic heterocycles. The van der Waals surface area contributed by atoms with Crippen molar-refractivity contribution in [3.63, 3.8) is 0 Å². The molecule has 0 saturated heterocycles. The van der Waals surface area contributed by atoms with Crippen LogP contribution < -0.4 is 11.3 Å². The van der Waals surface area contributed by atoms with Crippen LogP contribution >= 0.6 is 0 Å². The molecule has 1 aromatic heterocycles. The zero-order valence-corrected chi connectivity index (χ0v) is 7.24. The molecule has 0 spiro atoms. The first-order valence-electron chi connectivity index (χ1n) is 3.91. The van der Waals surface area contributed by atoms with Gasteiger partial charge in [-0.1, -0.05) is 0 Å². The quantitative estimate of drug-likeness (QED) is 0.656. The Balaban J connectivity index is 3.44. The van der Waals surface area contributed by atoms with Gasteiger partial charge in [-0.15, -0.1) is 0 Å². The summed E-state index contributed by atoms with van der Waals surface area (Å²) in [6.07, 6.45) is 0. The van der Waals surface area contributed by atoms with Crippen molar-refractivity contribution in [3.05, 3.63) is 10.4 Å². The largest absolute Gasteiger partial charge is 0.492 e. The third kappa shape index (κ3) is 0.975. The van der Waals surface area contributed by atoms with Crippen LogP contribution in [0.1, 0.15) is 13.8 Å². The smallest absolute Gasteiger partial charge is 0.293 e. The highest BCUT2D eigenvalue weighted by atomic mass is 16.3. The van der Waals surface area contributed by atoms with E-state index in [1.165, 1.54) is 9.36 Å². The summed E-state index contributed by atoms with van der Waals surface area (Å²) in [6, 6.07) is 0. The van der Waals surface area contributed by atoms with Crippen LogP contribution in [-0.4, -0.2) is 14.5 Å². The minimum absolute atomic E-state index is 0.0706. The van der Waals surface area contributed by atoms with Crippen molar-refractivity contribution in [3.8, 4) is 5.88 Å². The molecule has 5 nitrogen and oxygen atoms in total. The number of hydrogen-bond donors (Lipinski definition) is 2. The monoisotopic (exact) mass is 171 g/mol. The van der Waals surface area contributed by atoms with Crippen molar-refractivity contribution in [2.75, 3.05) is 5.73 Å². The second-order valence-electron chi connectivity index (χ2n) is 2.47. The summed E-state index contributed by atoms with van der Waals surface area (Å²) in [4.78, 5) is 11.3. The molecule has 1 heterocycles. The molecule has 0 unspecified atom stereocenters. The van der Waals surface area contributed by atoms with Crippen LogP contribution in [-0.2, 0) is 13.1 Å². The SMILES string of the molecule is CCn1c(O)c(N)c(=O)n1CC. The van der Waals surface area contributed by atoms with Gasteiger partial charge in [0.1, 0.15) is 0 Å². The molecule has 1 rings (SSSR count). The molecule has 0 radical (unpaired) electrons. The van der Waals surface area contributed by atoms with E-state index in [2.05, 4.69) is 0 Å². The average molecular weight is 171 g/mol. The van der Waals surface area contributed by atoms with Gasteiger partial charge in [-0.25, -0.2) is 4.68 Å². The molecule has 1 aromatic rings. The highest BCUT2D eigenvalue weighted by molar-refractivity contribution is 5.45. The van der Waals surface area contributed by atoms with E-state index in [9.17, 15) is 9.90 Å². The van der Waals surface area contributed by atoms with Gasteiger partial charge in [0.05, 0.1) is 0 Å². The molecule has 0 aliphatic carbocycles. The molecule has 68 valence electrons. The predicted molar refractivity (Wildman–Crippen MR) is 46.1 cm³/mol. The Kier molecular flexibility index (Phi) is 2.12. The van der Waals surface area contributed by atoms with Gasteiger partial charge in [-0.05, 0) is 13.8 Å². The fraction of sp³-hybridized carbons (Fsp3) is 0.571. The van der Waals surface area contributed by atoms with E-state index in [1.54, 1.807) is 0 Å². The minimum atomic E-state index is -0.322. The summed E-state index contributed by atoms with van der Waals surface area (Å²) < 4.78 is 2.86. The number of rotatable bonds is 2. The van der Waals surface area contributed by atoms with Crippen molar-refractivity contribution in [1.82, 2.24) is 9.36 Å². The molecule has 0 bridgehead atoms. The number of nitrogens with two attached hydrogens (primary N) is 1. The predicted octanol–water partition coefficient (Wildman–Crippen LogP) is -0.0226. The third-order valence-electron chi connectivity index (χ3n) is 1.84. The van der Waals surface area contributed by atoms with E-state index in [-0.39, 0.29) is 17.1 Å². The second kappa shape index (κ2) is 2.92. The summed E-state index contributed by atoms with van der Waals surface area (Å²) in [5.41, 5.74) is 4.96. The fourth-order valence-corrected chi connectivity index (χ4v) is 1.23. The highest BCUT2D eigenvalue weighted by Crippen LogP contribution is 2.15. The number of aromatic hydroxyl groups is 1. The fourth-order valence-electron chi connectivity index (χ4n) is 1.23. The summed E-state index contributed by atoms with van der Waals surface area (Å²) in [5.74, 6) is -0.135. The van der Waals surface area contributed by atoms with Crippen LogP contribution in [0.15, 0.2) is 4.79 Å². The number of nitrogens with zero attached hydrogens (tertiary/aromatic N) is 2. The van der Waals surface area contributed by atoms with Gasteiger partial charge in [-0.2, -0.15) is 0 Å². The van der Waals surface area contributed by atoms with E-state index >= 15 is 0 Å². The van der Waals surface area contributed by atoms with Crippen LogP contribution in [0, 0.1) is 0 Å². The van der Waals surface area contributed by atoms with Gasteiger partial charge in [0, 0.05) is 13.1 Å². The minimum Gasteiger partial charge on any atom is -0.492 e.